The van der Waals surface area contributed by atoms with Crippen LogP contribution in [0.4, 0.5) is 0 Å². The van der Waals surface area contributed by atoms with Crippen molar-refractivity contribution in [2.45, 2.75) is 13.1 Å². The Morgan fingerprint density at radius 2 is 1.65 bits per heavy atom. The highest BCUT2D eigenvalue weighted by Crippen LogP contribution is 2.27. The van der Waals surface area contributed by atoms with E-state index in [9.17, 15) is 5.11 Å². The Bertz CT molecular complexity index is 762. The van der Waals surface area contributed by atoms with E-state index in [0.29, 0.717) is 36.3 Å². The maximum absolute atomic E-state index is 9.95. The van der Waals surface area contributed by atoms with Gasteiger partial charge in [0.05, 0.1) is 21.3 Å². The number of benzene rings is 2. The van der Waals surface area contributed by atoms with Crippen LogP contribution >= 0.6 is 0 Å². The molecular formula is C19H25N3O4. The van der Waals surface area contributed by atoms with Crippen LogP contribution in [0.25, 0.3) is 0 Å². The quantitative estimate of drug-likeness (QED) is 0.520. The Hall–Kier alpha value is -3.09. The third kappa shape index (κ3) is 4.95. The van der Waals surface area contributed by atoms with Crippen LogP contribution in [0.3, 0.4) is 0 Å². The first kappa shape index (κ1) is 19.2. The van der Waals surface area contributed by atoms with Gasteiger partial charge in [-0.15, -0.1) is 0 Å². The minimum absolute atomic E-state index is 0.202. The monoisotopic (exact) mass is 359 g/mol. The van der Waals surface area contributed by atoms with Gasteiger partial charge in [0.15, 0.2) is 17.5 Å². The Labute approximate surface area is 153 Å². The van der Waals surface area contributed by atoms with Gasteiger partial charge in [0.2, 0.25) is 0 Å². The number of hydrogen-bond donors (Lipinski definition) is 3. The topological polar surface area (TPSA) is 84.3 Å². The number of aromatic hydroxyl groups is 1. The lowest BCUT2D eigenvalue weighted by molar-refractivity contribution is 0.354. The number of ether oxygens (including phenoxy) is 3. The highest BCUT2D eigenvalue weighted by molar-refractivity contribution is 5.79. The van der Waals surface area contributed by atoms with Gasteiger partial charge in [-0.3, -0.25) is 4.99 Å². The van der Waals surface area contributed by atoms with Crippen molar-refractivity contribution in [3.8, 4) is 23.0 Å². The molecule has 0 aliphatic rings. The van der Waals surface area contributed by atoms with Crippen LogP contribution in [0.2, 0.25) is 0 Å². The number of aliphatic imine (C=N–C) groups is 1. The number of hydrogen-bond acceptors (Lipinski definition) is 5. The molecule has 2 aromatic carbocycles. The molecule has 0 spiro atoms. The summed E-state index contributed by atoms with van der Waals surface area (Å²) in [5.74, 6) is 2.87. The van der Waals surface area contributed by atoms with Crippen LogP contribution in [-0.4, -0.2) is 39.4 Å². The molecule has 0 saturated carbocycles. The van der Waals surface area contributed by atoms with Crippen molar-refractivity contribution in [3.63, 3.8) is 0 Å². The number of phenolic OH excluding ortho intramolecular Hbond substituents is 1. The molecule has 2 rings (SSSR count). The number of phenols is 1. The molecule has 0 amide bonds. The van der Waals surface area contributed by atoms with Gasteiger partial charge in [0, 0.05) is 25.7 Å². The molecule has 2 aromatic rings. The first-order valence-electron chi connectivity index (χ1n) is 8.12. The number of methoxy groups -OCH3 is 3. The number of nitrogens with one attached hydrogen (secondary N) is 2. The predicted molar refractivity (Wildman–Crippen MR) is 101 cm³/mol. The third-order valence-electron chi connectivity index (χ3n) is 3.86. The third-order valence-corrected chi connectivity index (χ3v) is 3.86. The van der Waals surface area contributed by atoms with Crippen LogP contribution in [0.5, 0.6) is 23.0 Å². The summed E-state index contributed by atoms with van der Waals surface area (Å²) < 4.78 is 15.7. The Morgan fingerprint density at radius 1 is 0.923 bits per heavy atom. The summed E-state index contributed by atoms with van der Waals surface area (Å²) in [6.45, 7) is 0.971. The molecule has 0 fully saturated rings. The van der Waals surface area contributed by atoms with Gasteiger partial charge in [0.1, 0.15) is 11.5 Å². The molecule has 26 heavy (non-hydrogen) atoms. The molecule has 0 heterocycles. The maximum atomic E-state index is 9.95. The van der Waals surface area contributed by atoms with Gasteiger partial charge < -0.3 is 30.0 Å². The van der Waals surface area contributed by atoms with E-state index in [1.165, 1.54) is 0 Å². The van der Waals surface area contributed by atoms with E-state index in [0.717, 1.165) is 11.1 Å². The average Bonchev–Trinajstić information content (AvgIpc) is 2.68. The van der Waals surface area contributed by atoms with Crippen LogP contribution in [-0.2, 0) is 13.1 Å². The van der Waals surface area contributed by atoms with Gasteiger partial charge >= 0.3 is 0 Å². The van der Waals surface area contributed by atoms with E-state index < -0.39 is 0 Å². The average molecular weight is 359 g/mol. The highest BCUT2D eigenvalue weighted by Gasteiger charge is 2.07. The van der Waals surface area contributed by atoms with Crippen LogP contribution < -0.4 is 24.8 Å². The van der Waals surface area contributed by atoms with E-state index in [2.05, 4.69) is 15.6 Å². The largest absolute Gasteiger partial charge is 0.508 e. The summed E-state index contributed by atoms with van der Waals surface area (Å²) in [7, 11) is 6.49. The van der Waals surface area contributed by atoms with Gasteiger partial charge in [-0.2, -0.15) is 0 Å². The van der Waals surface area contributed by atoms with E-state index >= 15 is 0 Å². The summed E-state index contributed by atoms with van der Waals surface area (Å²) in [5.41, 5.74) is 1.74. The van der Waals surface area contributed by atoms with Gasteiger partial charge in [-0.05, 0) is 35.9 Å². The molecule has 3 N–H and O–H groups in total. The van der Waals surface area contributed by atoms with Gasteiger partial charge in [-0.25, -0.2) is 0 Å². The summed E-state index contributed by atoms with van der Waals surface area (Å²) in [4.78, 5) is 4.19. The highest BCUT2D eigenvalue weighted by atomic mass is 16.5. The van der Waals surface area contributed by atoms with Crippen molar-refractivity contribution < 1.29 is 19.3 Å². The summed E-state index contributed by atoms with van der Waals surface area (Å²) >= 11 is 0. The van der Waals surface area contributed by atoms with Crippen LogP contribution in [0, 0.1) is 0 Å². The molecule has 0 unspecified atom stereocenters. The molecular weight excluding hydrogens is 334 g/mol. The minimum Gasteiger partial charge on any atom is -0.508 e. The molecule has 140 valence electrons. The van der Waals surface area contributed by atoms with Crippen LogP contribution in [0.1, 0.15) is 11.1 Å². The second-order valence-corrected chi connectivity index (χ2v) is 5.46. The lowest BCUT2D eigenvalue weighted by atomic mass is 10.2. The normalized spacial score (nSPS) is 11.0. The van der Waals surface area contributed by atoms with Crippen LogP contribution in [0.15, 0.2) is 41.4 Å². The summed E-state index contributed by atoms with van der Waals surface area (Å²) in [6, 6.07) is 10.8. The summed E-state index contributed by atoms with van der Waals surface area (Å²) in [5, 5.41) is 16.3. The van der Waals surface area contributed by atoms with Crippen molar-refractivity contribution in [1.29, 1.82) is 0 Å². The lowest BCUT2D eigenvalue weighted by Gasteiger charge is -2.14. The Kier molecular flexibility index (Phi) is 6.96. The van der Waals surface area contributed by atoms with Gasteiger partial charge in [-0.1, -0.05) is 6.07 Å². The van der Waals surface area contributed by atoms with Crippen molar-refractivity contribution in [2.75, 3.05) is 28.4 Å². The minimum atomic E-state index is 0.202. The maximum Gasteiger partial charge on any atom is 0.191 e. The first-order valence-corrected chi connectivity index (χ1v) is 8.12. The van der Waals surface area contributed by atoms with Crippen molar-refractivity contribution in [2.24, 2.45) is 4.99 Å². The molecule has 7 heteroatoms. The second kappa shape index (κ2) is 9.41. The molecule has 0 saturated heterocycles. The molecule has 0 bridgehead atoms. The van der Waals surface area contributed by atoms with E-state index in [4.69, 9.17) is 14.2 Å². The zero-order valence-corrected chi connectivity index (χ0v) is 15.5. The SMILES string of the molecule is CN=C(NCc1ccc(OC)c(OC)c1)NCc1cc(OC)ccc1O. The summed E-state index contributed by atoms with van der Waals surface area (Å²) in [6.07, 6.45) is 0. The first-order chi connectivity index (χ1) is 12.6. The van der Waals surface area contributed by atoms with Crippen molar-refractivity contribution in [1.82, 2.24) is 10.6 Å². The zero-order valence-electron chi connectivity index (χ0n) is 15.5. The molecule has 0 radical (unpaired) electrons. The Morgan fingerprint density at radius 3 is 2.31 bits per heavy atom. The van der Waals surface area contributed by atoms with E-state index in [1.807, 2.05) is 18.2 Å². The molecule has 0 aliphatic heterocycles. The fourth-order valence-corrected chi connectivity index (χ4v) is 2.41. The van der Waals surface area contributed by atoms with E-state index in [-0.39, 0.29) is 5.75 Å². The number of nitrogens with zero attached hydrogens (tertiary/aromatic N) is 1. The standard InChI is InChI=1S/C19H25N3O4/c1-20-19(22-12-14-10-15(24-2)6-7-16(14)23)21-11-13-5-8-17(25-3)18(9-13)26-4/h5-10,23H,11-12H2,1-4H3,(H2,20,21,22). The van der Waals surface area contributed by atoms with Crippen molar-refractivity contribution >= 4 is 5.96 Å². The fraction of sp³-hybridized carbons (Fsp3) is 0.316. The molecule has 0 aliphatic carbocycles. The molecule has 7 nitrogen and oxygen atoms in total. The van der Waals surface area contributed by atoms with Gasteiger partial charge in [0.25, 0.3) is 0 Å². The second-order valence-electron chi connectivity index (χ2n) is 5.46. The molecule has 0 atom stereocenters. The zero-order chi connectivity index (χ0) is 18.9. The number of guanidine groups is 1. The van der Waals surface area contributed by atoms with E-state index in [1.54, 1.807) is 46.6 Å². The molecule has 0 aromatic heterocycles. The Balaban J connectivity index is 1.96. The van der Waals surface area contributed by atoms with Crippen molar-refractivity contribution in [3.05, 3.63) is 47.5 Å². The lowest BCUT2D eigenvalue weighted by Crippen LogP contribution is -2.36. The predicted octanol–water partition coefficient (Wildman–Crippen LogP) is 2.28. The number of rotatable bonds is 7. The fourth-order valence-electron chi connectivity index (χ4n) is 2.41. The smallest absolute Gasteiger partial charge is 0.191 e.